The minimum absolute atomic E-state index is 0.192. The van der Waals surface area contributed by atoms with Crippen molar-refractivity contribution in [3.8, 4) is 0 Å². The van der Waals surface area contributed by atoms with E-state index in [1.165, 1.54) is 24.0 Å². The van der Waals surface area contributed by atoms with Crippen LogP contribution in [0.15, 0.2) is 55.7 Å². The third-order valence-corrected chi connectivity index (χ3v) is 4.93. The molecule has 0 unspecified atom stereocenters. The maximum atomic E-state index is 4.32. The van der Waals surface area contributed by atoms with E-state index >= 15 is 0 Å². The molecule has 1 heterocycles. The van der Waals surface area contributed by atoms with Crippen molar-refractivity contribution in [2.45, 2.75) is 39.7 Å². The van der Waals surface area contributed by atoms with Gasteiger partial charge in [-0.05, 0) is 43.4 Å². The van der Waals surface area contributed by atoms with Crippen LogP contribution in [0, 0.1) is 17.3 Å². The van der Waals surface area contributed by atoms with Crippen LogP contribution in [0.4, 0.5) is 0 Å². The maximum absolute atomic E-state index is 4.32. The van der Waals surface area contributed by atoms with Crippen molar-refractivity contribution in [1.82, 2.24) is 9.55 Å². The highest BCUT2D eigenvalue weighted by molar-refractivity contribution is 5.16. The smallest absolute Gasteiger partial charge is 0.0948 e. The largest absolute Gasteiger partial charge is 0.333 e. The Balaban J connectivity index is 2.06. The van der Waals surface area contributed by atoms with Crippen LogP contribution in [0.2, 0.25) is 0 Å². The lowest BCUT2D eigenvalue weighted by molar-refractivity contribution is 0.167. The lowest BCUT2D eigenvalue weighted by Gasteiger charge is -2.44. The molecule has 0 amide bonds. The number of imidazole rings is 1. The van der Waals surface area contributed by atoms with Crippen LogP contribution < -0.4 is 0 Å². The summed E-state index contributed by atoms with van der Waals surface area (Å²) in [4.78, 5) is 4.09. The summed E-state index contributed by atoms with van der Waals surface area (Å²) in [6.07, 6.45) is 11.3. The van der Waals surface area contributed by atoms with Gasteiger partial charge in [-0.15, -0.1) is 6.58 Å². The predicted molar refractivity (Wildman–Crippen MR) is 85.3 cm³/mol. The lowest BCUT2D eigenvalue weighted by atomic mass is 9.61. The van der Waals surface area contributed by atoms with Gasteiger partial charge in [-0.25, -0.2) is 4.98 Å². The molecule has 0 aliphatic heterocycles. The first kappa shape index (κ1) is 14.8. The monoisotopic (exact) mass is 270 g/mol. The minimum Gasteiger partial charge on any atom is -0.333 e. The van der Waals surface area contributed by atoms with Crippen molar-refractivity contribution in [1.29, 1.82) is 0 Å². The Hall–Kier alpha value is -1.57. The zero-order valence-electron chi connectivity index (χ0n) is 12.8. The normalized spacial score (nSPS) is 29.9. The summed E-state index contributed by atoms with van der Waals surface area (Å²) >= 11 is 0. The molecule has 3 atom stereocenters. The third kappa shape index (κ3) is 2.95. The third-order valence-electron chi connectivity index (χ3n) is 4.93. The average molecular weight is 270 g/mol. The van der Waals surface area contributed by atoms with Crippen molar-refractivity contribution < 1.29 is 0 Å². The lowest BCUT2D eigenvalue weighted by Crippen LogP contribution is -2.34. The summed E-state index contributed by atoms with van der Waals surface area (Å²) < 4.78 is 2.10. The molecule has 0 bridgehead atoms. The van der Waals surface area contributed by atoms with Crippen LogP contribution in [0.1, 0.15) is 33.1 Å². The standard InChI is InChI=1S/C18H26N2/c1-6-18(5)8-7-16(11-17(18)14(2)3)15(4)12-20-10-9-19-13-20/h6,9-10,13,16-17H,1-2,4,7-8,11-12H2,3,5H3/t16-,17+,18-/m1/s1. The molecule has 1 aliphatic carbocycles. The van der Waals surface area contributed by atoms with Gasteiger partial charge in [0, 0.05) is 18.9 Å². The van der Waals surface area contributed by atoms with E-state index in [2.05, 4.69) is 49.2 Å². The highest BCUT2D eigenvalue weighted by Crippen LogP contribution is 2.48. The van der Waals surface area contributed by atoms with Gasteiger partial charge in [0.25, 0.3) is 0 Å². The number of hydrogen-bond acceptors (Lipinski definition) is 1. The van der Waals surface area contributed by atoms with Crippen LogP contribution in [0.25, 0.3) is 0 Å². The fourth-order valence-electron chi connectivity index (χ4n) is 3.45. The Morgan fingerprint density at radius 3 is 2.80 bits per heavy atom. The molecule has 1 saturated carbocycles. The highest BCUT2D eigenvalue weighted by atomic mass is 15.0. The van der Waals surface area contributed by atoms with Crippen LogP contribution in [0.3, 0.4) is 0 Å². The van der Waals surface area contributed by atoms with Gasteiger partial charge >= 0.3 is 0 Å². The molecule has 1 aromatic heterocycles. The van der Waals surface area contributed by atoms with Gasteiger partial charge in [0.1, 0.15) is 0 Å². The van der Waals surface area contributed by atoms with Gasteiger partial charge in [0.2, 0.25) is 0 Å². The quantitative estimate of drug-likeness (QED) is 0.714. The van der Waals surface area contributed by atoms with E-state index in [1.807, 2.05) is 18.7 Å². The molecule has 2 rings (SSSR count). The summed E-state index contributed by atoms with van der Waals surface area (Å²) in [5.41, 5.74) is 2.77. The summed E-state index contributed by atoms with van der Waals surface area (Å²) in [5, 5.41) is 0. The van der Waals surface area contributed by atoms with E-state index in [0.29, 0.717) is 11.8 Å². The van der Waals surface area contributed by atoms with Crippen molar-refractivity contribution in [3.63, 3.8) is 0 Å². The fraction of sp³-hybridized carbons (Fsp3) is 0.500. The molecule has 0 radical (unpaired) electrons. The minimum atomic E-state index is 0.192. The van der Waals surface area contributed by atoms with Gasteiger partial charge in [-0.3, -0.25) is 0 Å². The van der Waals surface area contributed by atoms with Gasteiger partial charge in [0.15, 0.2) is 0 Å². The second-order valence-electron chi connectivity index (χ2n) is 6.47. The molecular formula is C18H26N2. The van der Waals surface area contributed by atoms with Crippen molar-refractivity contribution in [2.24, 2.45) is 17.3 Å². The zero-order chi connectivity index (χ0) is 14.8. The van der Waals surface area contributed by atoms with Gasteiger partial charge < -0.3 is 4.57 Å². The Bertz CT molecular complexity index is 497. The van der Waals surface area contributed by atoms with E-state index < -0.39 is 0 Å². The molecular weight excluding hydrogens is 244 g/mol. The molecule has 1 aliphatic rings. The summed E-state index contributed by atoms with van der Waals surface area (Å²) in [6, 6.07) is 0. The Labute approximate surface area is 122 Å². The summed E-state index contributed by atoms with van der Waals surface area (Å²) in [6.45, 7) is 17.9. The van der Waals surface area contributed by atoms with E-state index in [4.69, 9.17) is 0 Å². The topological polar surface area (TPSA) is 17.8 Å². The average Bonchev–Trinajstić information content (AvgIpc) is 2.91. The van der Waals surface area contributed by atoms with Crippen LogP contribution in [0.5, 0.6) is 0 Å². The number of allylic oxidation sites excluding steroid dienone is 3. The molecule has 2 heteroatoms. The Morgan fingerprint density at radius 1 is 1.50 bits per heavy atom. The van der Waals surface area contributed by atoms with E-state index in [9.17, 15) is 0 Å². The first-order valence-corrected chi connectivity index (χ1v) is 7.38. The van der Waals surface area contributed by atoms with Crippen molar-refractivity contribution in [2.75, 3.05) is 0 Å². The molecule has 0 spiro atoms. The molecule has 1 aromatic rings. The molecule has 1 fully saturated rings. The molecule has 108 valence electrons. The first-order valence-electron chi connectivity index (χ1n) is 7.38. The molecule has 20 heavy (non-hydrogen) atoms. The van der Waals surface area contributed by atoms with Gasteiger partial charge in [0.05, 0.1) is 6.33 Å². The van der Waals surface area contributed by atoms with Crippen molar-refractivity contribution >= 4 is 0 Å². The predicted octanol–water partition coefficient (Wildman–Crippen LogP) is 4.62. The maximum Gasteiger partial charge on any atom is 0.0948 e. The number of hydrogen-bond donors (Lipinski definition) is 0. The first-order chi connectivity index (χ1) is 9.46. The van der Waals surface area contributed by atoms with E-state index in [0.717, 1.165) is 13.0 Å². The molecule has 0 saturated heterocycles. The van der Waals surface area contributed by atoms with Crippen LogP contribution in [-0.2, 0) is 6.54 Å². The van der Waals surface area contributed by atoms with Crippen molar-refractivity contribution in [3.05, 3.63) is 55.7 Å². The SMILES string of the molecule is C=C[C@]1(C)CC[C@@H](C(=C)Cn2ccnc2)C[C@H]1C(=C)C. The molecule has 0 aromatic carbocycles. The van der Waals surface area contributed by atoms with Gasteiger partial charge in [-0.1, -0.05) is 37.3 Å². The molecule has 0 N–H and O–H groups in total. The van der Waals surface area contributed by atoms with Crippen LogP contribution in [-0.4, -0.2) is 9.55 Å². The number of nitrogens with zero attached hydrogens (tertiary/aromatic N) is 2. The highest BCUT2D eigenvalue weighted by Gasteiger charge is 2.38. The second kappa shape index (κ2) is 5.82. The Kier molecular flexibility index (Phi) is 4.32. The van der Waals surface area contributed by atoms with E-state index in [-0.39, 0.29) is 5.41 Å². The number of aromatic nitrogens is 2. The molecule has 2 nitrogen and oxygen atoms in total. The van der Waals surface area contributed by atoms with Crippen LogP contribution >= 0.6 is 0 Å². The van der Waals surface area contributed by atoms with E-state index in [1.54, 1.807) is 0 Å². The fourth-order valence-corrected chi connectivity index (χ4v) is 3.45. The summed E-state index contributed by atoms with van der Waals surface area (Å²) in [5.74, 6) is 1.09. The van der Waals surface area contributed by atoms with Gasteiger partial charge in [-0.2, -0.15) is 0 Å². The zero-order valence-corrected chi connectivity index (χ0v) is 12.8. The second-order valence-corrected chi connectivity index (χ2v) is 6.47. The Morgan fingerprint density at radius 2 is 2.25 bits per heavy atom. The summed E-state index contributed by atoms with van der Waals surface area (Å²) in [7, 11) is 0. The number of rotatable bonds is 5.